The highest BCUT2D eigenvalue weighted by Crippen LogP contribution is 2.30. The number of thioether (sulfide) groups is 1. The molecule has 0 saturated carbocycles. The Bertz CT molecular complexity index is 886. The van der Waals surface area contributed by atoms with Crippen LogP contribution >= 0.6 is 46.3 Å². The van der Waals surface area contributed by atoms with E-state index in [9.17, 15) is 9.59 Å². The molecule has 1 aromatic heterocycles. The van der Waals surface area contributed by atoms with E-state index in [1.54, 1.807) is 29.7 Å². The zero-order valence-corrected chi connectivity index (χ0v) is 19.7. The smallest absolute Gasteiger partial charge is 0.409 e. The largest absolute Gasteiger partial charge is 0.450 e. The lowest BCUT2D eigenvalue weighted by Crippen LogP contribution is -2.47. The van der Waals surface area contributed by atoms with Crippen molar-refractivity contribution in [3.63, 3.8) is 0 Å². The Kier molecular flexibility index (Phi) is 8.68. The summed E-state index contributed by atoms with van der Waals surface area (Å²) in [5.41, 5.74) is 1.75. The van der Waals surface area contributed by atoms with Crippen LogP contribution in [0.25, 0.3) is 0 Å². The first-order chi connectivity index (χ1) is 14.4. The summed E-state index contributed by atoms with van der Waals surface area (Å²) in [5.74, 6) is 0.640. The Hall–Kier alpha value is -1.48. The Balaban J connectivity index is 1.42. The van der Waals surface area contributed by atoms with E-state index >= 15 is 0 Å². The van der Waals surface area contributed by atoms with Crippen LogP contribution in [-0.4, -0.2) is 47.6 Å². The molecule has 2 amide bonds. The normalized spacial score (nSPS) is 14.6. The van der Waals surface area contributed by atoms with E-state index in [0.717, 1.165) is 28.4 Å². The summed E-state index contributed by atoms with van der Waals surface area (Å²) >= 11 is 15.2. The van der Waals surface area contributed by atoms with Gasteiger partial charge in [-0.1, -0.05) is 41.0 Å². The van der Waals surface area contributed by atoms with Gasteiger partial charge in [-0.25, -0.2) is 9.78 Å². The fraction of sp³-hybridized carbons (Fsp3) is 0.450. The number of hydrogen-bond donors (Lipinski definition) is 1. The van der Waals surface area contributed by atoms with Crippen LogP contribution in [0.2, 0.25) is 10.0 Å². The number of likely N-dealkylation sites (tertiary alicyclic amines) is 1. The molecule has 162 valence electrons. The van der Waals surface area contributed by atoms with Crippen LogP contribution in [0.5, 0.6) is 0 Å². The lowest BCUT2D eigenvalue weighted by Gasteiger charge is -2.31. The summed E-state index contributed by atoms with van der Waals surface area (Å²) in [4.78, 5) is 30.3. The van der Waals surface area contributed by atoms with Crippen molar-refractivity contribution >= 4 is 58.3 Å². The first-order valence-corrected chi connectivity index (χ1v) is 12.3. The Labute approximate surface area is 194 Å². The van der Waals surface area contributed by atoms with Crippen LogP contribution in [0.3, 0.4) is 0 Å². The van der Waals surface area contributed by atoms with Crippen LogP contribution in [0.15, 0.2) is 27.9 Å². The molecular formula is C20H23Cl2N3O3S2. The second kappa shape index (κ2) is 11.2. The van der Waals surface area contributed by atoms with E-state index in [1.165, 1.54) is 11.3 Å². The van der Waals surface area contributed by atoms with Crippen molar-refractivity contribution in [2.45, 2.75) is 42.3 Å². The van der Waals surface area contributed by atoms with Crippen molar-refractivity contribution < 1.29 is 14.3 Å². The number of hydrogen-bond acceptors (Lipinski definition) is 6. The summed E-state index contributed by atoms with van der Waals surface area (Å²) in [5, 5.41) is 6.21. The van der Waals surface area contributed by atoms with Crippen molar-refractivity contribution in [2.75, 3.05) is 19.7 Å². The molecule has 30 heavy (non-hydrogen) atoms. The molecule has 0 spiro atoms. The van der Waals surface area contributed by atoms with E-state index in [4.69, 9.17) is 27.9 Å². The van der Waals surface area contributed by atoms with Crippen molar-refractivity contribution in [1.29, 1.82) is 0 Å². The third-order valence-electron chi connectivity index (χ3n) is 4.62. The van der Waals surface area contributed by atoms with Gasteiger partial charge in [0, 0.05) is 40.3 Å². The molecule has 1 saturated heterocycles. The van der Waals surface area contributed by atoms with E-state index in [2.05, 4.69) is 10.3 Å². The molecule has 2 heterocycles. The number of rotatable bonds is 7. The standard InChI is InChI=1S/C20H23Cl2N3O3S2/c1-2-28-20(27)25-7-5-15(6-8-25)23-18(26)10-16-12-30-19(24-16)29-11-13-3-4-14(21)9-17(13)22/h3-4,9,12,15H,2,5-8,10-11H2,1H3,(H,23,26). The average Bonchev–Trinajstić information content (AvgIpc) is 3.15. The van der Waals surface area contributed by atoms with Crippen LogP contribution in [0.1, 0.15) is 31.0 Å². The highest BCUT2D eigenvalue weighted by Gasteiger charge is 2.24. The fourth-order valence-corrected chi connectivity index (χ4v) is 5.48. The molecule has 0 aliphatic carbocycles. The number of thiazole rings is 1. The number of carbonyl (C=O) groups excluding carboxylic acids is 2. The van der Waals surface area contributed by atoms with E-state index in [-0.39, 0.29) is 24.5 Å². The van der Waals surface area contributed by atoms with E-state index < -0.39 is 0 Å². The number of benzene rings is 1. The Morgan fingerprint density at radius 2 is 2.10 bits per heavy atom. The molecule has 3 rings (SSSR count). The van der Waals surface area contributed by atoms with Gasteiger partial charge in [0.1, 0.15) is 4.34 Å². The average molecular weight is 488 g/mol. The summed E-state index contributed by atoms with van der Waals surface area (Å²) in [7, 11) is 0. The number of ether oxygens (including phenoxy) is 1. The zero-order chi connectivity index (χ0) is 21.5. The van der Waals surface area contributed by atoms with Crippen LogP contribution in [0, 0.1) is 0 Å². The zero-order valence-electron chi connectivity index (χ0n) is 16.5. The SMILES string of the molecule is CCOC(=O)N1CCC(NC(=O)Cc2csc(SCc3ccc(Cl)cc3Cl)n2)CC1. The molecule has 1 aliphatic heterocycles. The third kappa shape index (κ3) is 6.77. The third-order valence-corrected chi connectivity index (χ3v) is 7.33. The second-order valence-corrected chi connectivity index (χ2v) is 9.76. The number of halogens is 2. The minimum absolute atomic E-state index is 0.0489. The number of amides is 2. The van der Waals surface area contributed by atoms with Gasteiger partial charge in [-0.3, -0.25) is 4.79 Å². The summed E-state index contributed by atoms with van der Waals surface area (Å²) in [6, 6.07) is 5.53. The highest BCUT2D eigenvalue weighted by atomic mass is 35.5. The van der Waals surface area contributed by atoms with Gasteiger partial charge < -0.3 is 15.0 Å². The molecule has 1 aliphatic rings. The lowest BCUT2D eigenvalue weighted by atomic mass is 10.1. The van der Waals surface area contributed by atoms with Crippen molar-refractivity contribution in [3.8, 4) is 0 Å². The molecule has 2 aromatic rings. The monoisotopic (exact) mass is 487 g/mol. The molecule has 0 unspecified atom stereocenters. The second-order valence-electron chi connectivity index (χ2n) is 6.83. The lowest BCUT2D eigenvalue weighted by molar-refractivity contribution is -0.121. The summed E-state index contributed by atoms with van der Waals surface area (Å²) in [6.07, 6.45) is 1.42. The maximum Gasteiger partial charge on any atom is 0.409 e. The highest BCUT2D eigenvalue weighted by molar-refractivity contribution is 8.00. The van der Waals surface area contributed by atoms with Gasteiger partial charge in [-0.15, -0.1) is 11.3 Å². The van der Waals surface area contributed by atoms with E-state index in [1.807, 2.05) is 17.5 Å². The quantitative estimate of drug-likeness (QED) is 0.554. The predicted octanol–water partition coefficient (Wildman–Crippen LogP) is 5.02. The number of piperidine rings is 1. The number of nitrogens with zero attached hydrogens (tertiary/aromatic N) is 2. The first-order valence-electron chi connectivity index (χ1n) is 9.66. The molecule has 0 atom stereocenters. The number of aromatic nitrogens is 1. The van der Waals surface area contributed by atoms with Crippen molar-refractivity contribution in [1.82, 2.24) is 15.2 Å². The van der Waals surface area contributed by atoms with Crippen LogP contribution in [0.4, 0.5) is 4.79 Å². The van der Waals surface area contributed by atoms with Crippen molar-refractivity contribution in [2.24, 2.45) is 0 Å². The van der Waals surface area contributed by atoms with Gasteiger partial charge in [-0.05, 0) is 37.5 Å². The molecule has 0 bridgehead atoms. The molecule has 0 radical (unpaired) electrons. The maximum atomic E-state index is 12.4. The van der Waals surface area contributed by atoms with Gasteiger partial charge >= 0.3 is 6.09 Å². The fourth-order valence-electron chi connectivity index (χ4n) is 3.08. The predicted molar refractivity (Wildman–Crippen MR) is 122 cm³/mol. The van der Waals surface area contributed by atoms with Gasteiger partial charge in [0.15, 0.2) is 0 Å². The maximum absolute atomic E-state index is 12.4. The van der Waals surface area contributed by atoms with E-state index in [0.29, 0.717) is 35.5 Å². The Morgan fingerprint density at radius 1 is 1.33 bits per heavy atom. The molecule has 10 heteroatoms. The molecule has 1 fully saturated rings. The molecule has 6 nitrogen and oxygen atoms in total. The minimum atomic E-state index is -0.283. The molecule has 1 aromatic carbocycles. The molecule has 1 N–H and O–H groups in total. The first kappa shape index (κ1) is 23.2. The summed E-state index contributed by atoms with van der Waals surface area (Å²) < 4.78 is 5.91. The molecular weight excluding hydrogens is 465 g/mol. The van der Waals surface area contributed by atoms with Crippen LogP contribution < -0.4 is 5.32 Å². The van der Waals surface area contributed by atoms with Crippen LogP contribution in [-0.2, 0) is 21.7 Å². The van der Waals surface area contributed by atoms with Gasteiger partial charge in [0.2, 0.25) is 5.91 Å². The minimum Gasteiger partial charge on any atom is -0.450 e. The Morgan fingerprint density at radius 3 is 2.80 bits per heavy atom. The number of carbonyl (C=O) groups is 2. The topological polar surface area (TPSA) is 71.5 Å². The van der Waals surface area contributed by atoms with Gasteiger partial charge in [0.25, 0.3) is 0 Å². The van der Waals surface area contributed by atoms with Crippen molar-refractivity contribution in [3.05, 3.63) is 44.9 Å². The number of nitrogens with one attached hydrogen (secondary N) is 1. The summed E-state index contributed by atoms with van der Waals surface area (Å²) in [6.45, 7) is 3.35. The van der Waals surface area contributed by atoms with Gasteiger partial charge in [0.05, 0.1) is 18.7 Å². The van der Waals surface area contributed by atoms with Gasteiger partial charge in [-0.2, -0.15) is 0 Å².